The van der Waals surface area contributed by atoms with Gasteiger partial charge in [0.25, 0.3) is 0 Å². The molecule has 0 bridgehead atoms. The fourth-order valence-electron chi connectivity index (χ4n) is 1.18. The smallest absolute Gasteiger partial charge is 0.323 e. The highest BCUT2D eigenvalue weighted by atomic mass is 16.4. The van der Waals surface area contributed by atoms with E-state index in [2.05, 4.69) is 0 Å². The summed E-state index contributed by atoms with van der Waals surface area (Å²) in [7, 11) is 0. The average Bonchev–Trinajstić information content (AvgIpc) is 1.56. The number of hydrogen-bond acceptors (Lipinski definition) is 2. The molecule has 1 atom stereocenters. The Bertz CT molecular complexity index is 156. The SMILES string of the molecule is CC(C)(C)C[C@](C)(N)C(=O)O. The van der Waals surface area contributed by atoms with Crippen LogP contribution in [0.5, 0.6) is 0 Å². The summed E-state index contributed by atoms with van der Waals surface area (Å²) in [5.41, 5.74) is 4.41. The van der Waals surface area contributed by atoms with Crippen molar-refractivity contribution < 1.29 is 9.90 Å². The molecule has 3 N–H and O–H groups in total. The zero-order valence-electron chi connectivity index (χ0n) is 7.64. The van der Waals surface area contributed by atoms with Crippen molar-refractivity contribution in [3.63, 3.8) is 0 Å². The Morgan fingerprint density at radius 3 is 1.82 bits per heavy atom. The summed E-state index contributed by atoms with van der Waals surface area (Å²) in [5.74, 6) is -0.938. The molecule has 0 aromatic heterocycles. The lowest BCUT2D eigenvalue weighted by molar-refractivity contribution is -0.143. The first-order valence-electron chi connectivity index (χ1n) is 3.67. The molecule has 0 unspecified atom stereocenters. The van der Waals surface area contributed by atoms with Crippen LogP contribution in [0.15, 0.2) is 0 Å². The van der Waals surface area contributed by atoms with E-state index in [9.17, 15) is 4.79 Å². The van der Waals surface area contributed by atoms with E-state index in [-0.39, 0.29) is 5.41 Å². The number of rotatable bonds is 2. The fourth-order valence-corrected chi connectivity index (χ4v) is 1.18. The molecule has 11 heavy (non-hydrogen) atoms. The molecule has 0 saturated heterocycles. The number of hydrogen-bond donors (Lipinski definition) is 2. The molecular formula is C8H17NO2. The second-order valence-corrected chi connectivity index (χ2v) is 4.46. The molecule has 0 aliphatic heterocycles. The quantitative estimate of drug-likeness (QED) is 0.636. The van der Waals surface area contributed by atoms with Gasteiger partial charge < -0.3 is 10.8 Å². The van der Waals surface area contributed by atoms with Crippen LogP contribution >= 0.6 is 0 Å². The second kappa shape index (κ2) is 2.81. The zero-order chi connectivity index (χ0) is 9.28. The molecule has 0 fully saturated rings. The predicted molar refractivity (Wildman–Crippen MR) is 44.3 cm³/mol. The van der Waals surface area contributed by atoms with Crippen LogP contribution in [0.3, 0.4) is 0 Å². The number of aliphatic carboxylic acids is 1. The van der Waals surface area contributed by atoms with E-state index in [0.29, 0.717) is 6.42 Å². The molecule has 3 heteroatoms. The van der Waals surface area contributed by atoms with E-state index in [0.717, 1.165) is 0 Å². The Morgan fingerprint density at radius 1 is 1.36 bits per heavy atom. The lowest BCUT2D eigenvalue weighted by Gasteiger charge is -2.28. The van der Waals surface area contributed by atoms with Crippen LogP contribution in [0.2, 0.25) is 0 Å². The summed E-state index contributed by atoms with van der Waals surface area (Å²) in [6.45, 7) is 7.46. The number of nitrogens with two attached hydrogens (primary N) is 1. The first kappa shape index (κ1) is 10.4. The molecule has 0 aromatic rings. The van der Waals surface area contributed by atoms with Crippen LogP contribution in [0.1, 0.15) is 34.1 Å². The maximum absolute atomic E-state index is 10.6. The van der Waals surface area contributed by atoms with Crippen molar-refractivity contribution in [1.82, 2.24) is 0 Å². The van der Waals surface area contributed by atoms with Crippen molar-refractivity contribution in [3.05, 3.63) is 0 Å². The topological polar surface area (TPSA) is 63.3 Å². The van der Waals surface area contributed by atoms with Crippen molar-refractivity contribution in [2.24, 2.45) is 11.1 Å². The summed E-state index contributed by atoms with van der Waals surface area (Å²) < 4.78 is 0. The highest BCUT2D eigenvalue weighted by molar-refractivity contribution is 5.77. The average molecular weight is 159 g/mol. The van der Waals surface area contributed by atoms with Gasteiger partial charge in [-0.3, -0.25) is 4.79 Å². The Kier molecular flexibility index (Phi) is 2.67. The maximum atomic E-state index is 10.6. The van der Waals surface area contributed by atoms with Crippen LogP contribution in [-0.2, 0) is 4.79 Å². The third kappa shape index (κ3) is 3.98. The van der Waals surface area contributed by atoms with Gasteiger partial charge >= 0.3 is 5.97 Å². The van der Waals surface area contributed by atoms with E-state index in [1.807, 2.05) is 20.8 Å². The van der Waals surface area contributed by atoms with E-state index in [1.54, 1.807) is 6.92 Å². The van der Waals surface area contributed by atoms with Crippen molar-refractivity contribution in [2.75, 3.05) is 0 Å². The van der Waals surface area contributed by atoms with Crippen molar-refractivity contribution in [2.45, 2.75) is 39.7 Å². The Hall–Kier alpha value is -0.570. The van der Waals surface area contributed by atoms with Gasteiger partial charge in [-0.2, -0.15) is 0 Å². The van der Waals surface area contributed by atoms with Gasteiger partial charge in [0.15, 0.2) is 0 Å². The lowest BCUT2D eigenvalue weighted by Crippen LogP contribution is -2.47. The molecule has 0 saturated carbocycles. The van der Waals surface area contributed by atoms with E-state index in [4.69, 9.17) is 10.8 Å². The molecule has 0 aliphatic carbocycles. The van der Waals surface area contributed by atoms with Gasteiger partial charge in [0.2, 0.25) is 0 Å². The molecule has 3 nitrogen and oxygen atoms in total. The Labute approximate surface area is 67.6 Å². The summed E-state index contributed by atoms with van der Waals surface area (Å²) in [6.07, 6.45) is 0.481. The highest BCUT2D eigenvalue weighted by Crippen LogP contribution is 2.25. The summed E-state index contributed by atoms with van der Waals surface area (Å²) in [6, 6.07) is 0. The summed E-state index contributed by atoms with van der Waals surface area (Å²) in [5, 5.41) is 8.68. The Balaban J connectivity index is 4.25. The van der Waals surface area contributed by atoms with Gasteiger partial charge in [0.05, 0.1) is 0 Å². The zero-order valence-corrected chi connectivity index (χ0v) is 7.64. The van der Waals surface area contributed by atoms with E-state index >= 15 is 0 Å². The summed E-state index contributed by atoms with van der Waals surface area (Å²) >= 11 is 0. The van der Waals surface area contributed by atoms with Gasteiger partial charge in [-0.05, 0) is 18.8 Å². The predicted octanol–water partition coefficient (Wildman–Crippen LogP) is 1.22. The monoisotopic (exact) mass is 159 g/mol. The van der Waals surface area contributed by atoms with Crippen molar-refractivity contribution >= 4 is 5.97 Å². The molecule has 0 heterocycles. The van der Waals surface area contributed by atoms with Crippen LogP contribution < -0.4 is 5.73 Å². The largest absolute Gasteiger partial charge is 0.480 e. The Morgan fingerprint density at radius 2 is 1.73 bits per heavy atom. The van der Waals surface area contributed by atoms with Gasteiger partial charge in [0.1, 0.15) is 5.54 Å². The third-order valence-corrected chi connectivity index (χ3v) is 1.39. The van der Waals surface area contributed by atoms with Crippen LogP contribution in [0, 0.1) is 5.41 Å². The minimum atomic E-state index is -1.10. The molecule has 0 aromatic carbocycles. The molecular weight excluding hydrogens is 142 g/mol. The first-order chi connectivity index (χ1) is 4.65. The fraction of sp³-hybridized carbons (Fsp3) is 0.875. The third-order valence-electron chi connectivity index (χ3n) is 1.39. The van der Waals surface area contributed by atoms with Gasteiger partial charge in [-0.25, -0.2) is 0 Å². The lowest BCUT2D eigenvalue weighted by atomic mass is 9.81. The molecule has 0 amide bonds. The standard InChI is InChI=1S/C8H17NO2/c1-7(2,3)5-8(4,9)6(10)11/h5,9H2,1-4H3,(H,10,11)/t8-/m0/s1. The van der Waals surface area contributed by atoms with Gasteiger partial charge in [-0.1, -0.05) is 20.8 Å². The minimum absolute atomic E-state index is 0.0398. The van der Waals surface area contributed by atoms with Crippen molar-refractivity contribution in [1.29, 1.82) is 0 Å². The molecule has 0 spiro atoms. The number of carboxylic acids is 1. The van der Waals surface area contributed by atoms with E-state index < -0.39 is 11.5 Å². The number of carboxylic acid groups (broad SMARTS) is 1. The number of carbonyl (C=O) groups is 1. The molecule has 0 radical (unpaired) electrons. The van der Waals surface area contributed by atoms with Crippen LogP contribution in [0.4, 0.5) is 0 Å². The second-order valence-electron chi connectivity index (χ2n) is 4.46. The van der Waals surface area contributed by atoms with Crippen molar-refractivity contribution in [3.8, 4) is 0 Å². The van der Waals surface area contributed by atoms with Gasteiger partial charge in [0, 0.05) is 0 Å². The molecule has 0 rings (SSSR count). The summed E-state index contributed by atoms with van der Waals surface area (Å²) in [4.78, 5) is 10.6. The maximum Gasteiger partial charge on any atom is 0.323 e. The van der Waals surface area contributed by atoms with E-state index in [1.165, 1.54) is 0 Å². The molecule has 66 valence electrons. The van der Waals surface area contributed by atoms with Crippen LogP contribution in [0.25, 0.3) is 0 Å². The highest BCUT2D eigenvalue weighted by Gasteiger charge is 2.32. The van der Waals surface area contributed by atoms with Crippen LogP contribution in [-0.4, -0.2) is 16.6 Å². The normalized spacial score (nSPS) is 17.5. The minimum Gasteiger partial charge on any atom is -0.480 e. The van der Waals surface area contributed by atoms with Gasteiger partial charge in [-0.15, -0.1) is 0 Å². The molecule has 0 aliphatic rings. The first-order valence-corrected chi connectivity index (χ1v) is 3.67.